The van der Waals surface area contributed by atoms with Crippen molar-refractivity contribution in [2.75, 3.05) is 5.32 Å². The second-order valence-corrected chi connectivity index (χ2v) is 7.87. The van der Waals surface area contributed by atoms with Gasteiger partial charge in [-0.15, -0.1) is 22.6 Å². The van der Waals surface area contributed by atoms with E-state index in [4.69, 9.17) is 11.6 Å². The van der Waals surface area contributed by atoms with Crippen LogP contribution in [-0.4, -0.2) is 28.2 Å². The fraction of sp³-hybridized carbons (Fsp3) is 0.471. The summed E-state index contributed by atoms with van der Waals surface area (Å²) >= 11 is 7.54. The average Bonchev–Trinajstić information content (AvgIpc) is 3.22. The molecule has 2 aliphatic rings. The molecule has 2 heterocycles. The van der Waals surface area contributed by atoms with Gasteiger partial charge >= 0.3 is 0 Å². The molecule has 1 saturated heterocycles. The van der Waals surface area contributed by atoms with Crippen LogP contribution in [-0.2, 0) is 4.79 Å². The van der Waals surface area contributed by atoms with Crippen LogP contribution in [0.25, 0.3) is 10.6 Å². The number of amides is 1. The Bertz CT molecular complexity index is 740. The topological polar surface area (TPSA) is 66.9 Å². The molecule has 2 fully saturated rings. The summed E-state index contributed by atoms with van der Waals surface area (Å²) in [5, 5.41) is 16.5. The molecule has 1 saturated carbocycles. The lowest BCUT2D eigenvalue weighted by molar-refractivity contribution is -0.117. The molecule has 1 aromatic heterocycles. The van der Waals surface area contributed by atoms with Crippen molar-refractivity contribution >= 4 is 46.4 Å². The van der Waals surface area contributed by atoms with Gasteiger partial charge in [-0.3, -0.25) is 10.1 Å². The minimum Gasteiger partial charge on any atom is -0.303 e. The molecule has 0 spiro atoms. The lowest BCUT2D eigenvalue weighted by Gasteiger charge is -2.24. The van der Waals surface area contributed by atoms with Crippen LogP contribution in [0.2, 0.25) is 5.02 Å². The fourth-order valence-corrected chi connectivity index (χ4v) is 4.80. The molecule has 8 heteroatoms. The van der Waals surface area contributed by atoms with Crippen molar-refractivity contribution in [1.82, 2.24) is 15.5 Å². The number of rotatable bonds is 3. The van der Waals surface area contributed by atoms with E-state index in [0.717, 1.165) is 12.0 Å². The molecule has 2 N–H and O–H groups in total. The molecule has 134 valence electrons. The van der Waals surface area contributed by atoms with Crippen LogP contribution in [0.15, 0.2) is 24.3 Å². The fourth-order valence-electron chi connectivity index (χ4n) is 3.73. The highest BCUT2D eigenvalue weighted by molar-refractivity contribution is 7.18. The van der Waals surface area contributed by atoms with E-state index in [2.05, 4.69) is 20.8 Å². The first-order valence-corrected chi connectivity index (χ1v) is 9.55. The maximum atomic E-state index is 12.5. The predicted octanol–water partition coefficient (Wildman–Crippen LogP) is 4.14. The van der Waals surface area contributed by atoms with Gasteiger partial charge in [-0.05, 0) is 31.2 Å². The molecule has 1 aliphatic heterocycles. The molecule has 3 atom stereocenters. The molecular weight excluding hydrogens is 379 g/mol. The highest BCUT2D eigenvalue weighted by Gasteiger charge is 2.38. The monoisotopic (exact) mass is 398 g/mol. The number of aromatic nitrogens is 2. The van der Waals surface area contributed by atoms with Gasteiger partial charge in [0.25, 0.3) is 0 Å². The largest absolute Gasteiger partial charge is 0.303 e. The molecule has 1 aromatic carbocycles. The van der Waals surface area contributed by atoms with E-state index in [-0.39, 0.29) is 24.4 Å². The molecule has 2 aromatic rings. The van der Waals surface area contributed by atoms with Gasteiger partial charge in [-0.2, -0.15) is 0 Å². The Hall–Kier alpha value is -1.21. The van der Waals surface area contributed by atoms with Crippen molar-refractivity contribution in [3.8, 4) is 10.6 Å². The number of nitrogens with zero attached hydrogens (tertiary/aromatic N) is 2. The van der Waals surface area contributed by atoms with E-state index in [9.17, 15) is 4.79 Å². The first-order chi connectivity index (χ1) is 11.7. The van der Waals surface area contributed by atoms with Crippen LogP contribution < -0.4 is 10.6 Å². The average molecular weight is 399 g/mol. The Morgan fingerprint density at radius 2 is 2.04 bits per heavy atom. The minimum absolute atomic E-state index is 0. The Morgan fingerprint density at radius 3 is 2.84 bits per heavy atom. The van der Waals surface area contributed by atoms with Crippen LogP contribution >= 0.6 is 35.3 Å². The van der Waals surface area contributed by atoms with Crippen molar-refractivity contribution in [3.63, 3.8) is 0 Å². The number of halogens is 2. The lowest BCUT2D eigenvalue weighted by atomic mass is 9.85. The van der Waals surface area contributed by atoms with Crippen molar-refractivity contribution in [3.05, 3.63) is 29.3 Å². The zero-order chi connectivity index (χ0) is 16.5. The summed E-state index contributed by atoms with van der Waals surface area (Å²) in [6, 6.07) is 7.89. The number of benzene rings is 1. The summed E-state index contributed by atoms with van der Waals surface area (Å²) in [5.41, 5.74) is 0.835. The van der Waals surface area contributed by atoms with Crippen LogP contribution in [0.5, 0.6) is 0 Å². The van der Waals surface area contributed by atoms with Crippen molar-refractivity contribution < 1.29 is 4.79 Å². The molecule has 1 aliphatic carbocycles. The number of fused-ring (bicyclic) bond motifs is 1. The second-order valence-electron chi connectivity index (χ2n) is 6.49. The summed E-state index contributed by atoms with van der Waals surface area (Å²) in [6.07, 6.45) is 5.89. The highest BCUT2D eigenvalue weighted by Crippen LogP contribution is 2.34. The van der Waals surface area contributed by atoms with Crippen molar-refractivity contribution in [2.45, 2.75) is 44.2 Å². The third-order valence-corrected chi connectivity index (χ3v) is 6.14. The predicted molar refractivity (Wildman–Crippen MR) is 104 cm³/mol. The summed E-state index contributed by atoms with van der Waals surface area (Å²) < 4.78 is 0. The maximum Gasteiger partial charge on any atom is 0.243 e. The first kappa shape index (κ1) is 18.6. The van der Waals surface area contributed by atoms with Gasteiger partial charge in [0.1, 0.15) is 0 Å². The van der Waals surface area contributed by atoms with Gasteiger partial charge in [0, 0.05) is 11.6 Å². The molecule has 3 unspecified atom stereocenters. The van der Waals surface area contributed by atoms with E-state index in [1.165, 1.54) is 37.0 Å². The Labute approximate surface area is 162 Å². The zero-order valence-corrected chi connectivity index (χ0v) is 16.0. The summed E-state index contributed by atoms with van der Waals surface area (Å²) in [4.78, 5) is 12.5. The minimum atomic E-state index is -0.120. The number of anilines is 1. The maximum absolute atomic E-state index is 12.5. The van der Waals surface area contributed by atoms with E-state index < -0.39 is 0 Å². The molecule has 5 nitrogen and oxygen atoms in total. The van der Waals surface area contributed by atoms with E-state index in [1.807, 2.05) is 24.3 Å². The third kappa shape index (κ3) is 3.97. The Kier molecular flexibility index (Phi) is 5.94. The zero-order valence-electron chi connectivity index (χ0n) is 13.6. The number of hydrogen-bond acceptors (Lipinski definition) is 5. The Balaban J connectivity index is 0.00000182. The molecule has 25 heavy (non-hydrogen) atoms. The third-order valence-electron chi connectivity index (χ3n) is 4.94. The van der Waals surface area contributed by atoms with Gasteiger partial charge in [-0.25, -0.2) is 0 Å². The van der Waals surface area contributed by atoms with Gasteiger partial charge in [0.15, 0.2) is 5.01 Å². The second kappa shape index (κ2) is 7.99. The van der Waals surface area contributed by atoms with Crippen molar-refractivity contribution in [1.29, 1.82) is 0 Å². The number of hydrogen-bond donors (Lipinski definition) is 2. The van der Waals surface area contributed by atoms with Crippen LogP contribution in [0.3, 0.4) is 0 Å². The smallest absolute Gasteiger partial charge is 0.243 e. The van der Waals surface area contributed by atoms with Crippen LogP contribution in [0, 0.1) is 5.92 Å². The molecule has 4 rings (SSSR count). The lowest BCUT2D eigenvalue weighted by Crippen LogP contribution is -2.39. The van der Waals surface area contributed by atoms with Crippen LogP contribution in [0.4, 0.5) is 5.13 Å². The molecular formula is C17H20Cl2N4OS. The molecule has 1 amide bonds. The number of nitrogens with one attached hydrogen (secondary N) is 2. The first-order valence-electron chi connectivity index (χ1n) is 8.36. The van der Waals surface area contributed by atoms with E-state index in [0.29, 0.717) is 27.1 Å². The summed E-state index contributed by atoms with van der Waals surface area (Å²) in [5.74, 6) is 0.633. The number of carbonyl (C=O) groups is 1. The summed E-state index contributed by atoms with van der Waals surface area (Å²) in [6.45, 7) is 0. The standard InChI is InChI=1S/C17H19ClN4OS.ClH/c18-12-7-3-2-6-11(12)16-21-22-17(24-16)20-15(23)14-9-10-5-1-4-8-13(10)19-14;/h2-3,6-7,10,13-14,19H,1,4-5,8-9H2,(H,20,22,23);1H. The Morgan fingerprint density at radius 1 is 1.24 bits per heavy atom. The quantitative estimate of drug-likeness (QED) is 0.814. The highest BCUT2D eigenvalue weighted by atomic mass is 35.5. The van der Waals surface area contributed by atoms with Gasteiger partial charge in [-0.1, -0.05) is 54.0 Å². The van der Waals surface area contributed by atoms with Gasteiger partial charge in [0.2, 0.25) is 11.0 Å². The summed E-state index contributed by atoms with van der Waals surface area (Å²) in [7, 11) is 0. The molecule has 0 radical (unpaired) electrons. The van der Waals surface area contributed by atoms with E-state index in [1.54, 1.807) is 0 Å². The normalized spacial score (nSPS) is 25.1. The SMILES string of the molecule is Cl.O=C(Nc1nnc(-c2ccccc2Cl)s1)C1CC2CCCCC2N1. The van der Waals surface area contributed by atoms with Crippen LogP contribution in [0.1, 0.15) is 32.1 Å². The number of carbonyl (C=O) groups excluding carboxylic acids is 1. The van der Waals surface area contributed by atoms with E-state index >= 15 is 0 Å². The van der Waals surface area contributed by atoms with Crippen molar-refractivity contribution in [2.24, 2.45) is 5.92 Å². The molecule has 0 bridgehead atoms. The van der Waals surface area contributed by atoms with Gasteiger partial charge in [0.05, 0.1) is 11.1 Å². The van der Waals surface area contributed by atoms with Gasteiger partial charge < -0.3 is 5.32 Å².